The molecular weight excluding hydrogens is 368 g/mol. The predicted octanol–water partition coefficient (Wildman–Crippen LogP) is 1.81. The summed E-state index contributed by atoms with van der Waals surface area (Å²) >= 11 is 0. The van der Waals surface area contributed by atoms with Crippen LogP contribution in [0, 0.1) is 0 Å². The van der Waals surface area contributed by atoms with Crippen LogP contribution in [0.1, 0.15) is 21.5 Å². The van der Waals surface area contributed by atoms with Gasteiger partial charge in [-0.25, -0.2) is 14.7 Å². The Morgan fingerprint density at radius 2 is 2.14 bits per heavy atom. The maximum Gasteiger partial charge on any atom is 0.410 e. The van der Waals surface area contributed by atoms with Gasteiger partial charge in [0.2, 0.25) is 0 Å². The molecule has 0 spiro atoms. The zero-order chi connectivity index (χ0) is 20.4. The Kier molecular flexibility index (Phi) is 5.36. The molecule has 0 fully saturated rings. The van der Waals surface area contributed by atoms with Crippen LogP contribution in [0.5, 0.6) is 5.75 Å². The van der Waals surface area contributed by atoms with Crippen molar-refractivity contribution in [2.24, 2.45) is 0 Å². The number of phenolic OH excluding ortho intramolecular Hbond substituents is 1. The first-order valence-electron chi connectivity index (χ1n) is 8.54. The van der Waals surface area contributed by atoms with Gasteiger partial charge < -0.3 is 19.2 Å². The first kappa shape index (κ1) is 19.4. The summed E-state index contributed by atoms with van der Waals surface area (Å²) < 4.78 is 10.4. The predicted molar refractivity (Wildman–Crippen MR) is 98.9 cm³/mol. The third-order valence-corrected chi connectivity index (χ3v) is 4.60. The van der Waals surface area contributed by atoms with E-state index in [4.69, 9.17) is 14.0 Å². The van der Waals surface area contributed by atoms with Crippen LogP contribution >= 0.6 is 0 Å². The largest absolute Gasteiger partial charge is 0.507 e. The standard InChI is InChI=1S/C19H20N2O7/c1-4-9-27-19(25)21-8-7-11-12-5-6-14(22)15(17(23)20(2)26-3)16(12)28-18(24)13(11)10-21/h4-6,22H,1,7-10H2,2-3H3. The van der Waals surface area contributed by atoms with Crippen LogP contribution in [0.25, 0.3) is 11.0 Å². The van der Waals surface area contributed by atoms with Gasteiger partial charge in [-0.2, -0.15) is 0 Å². The Bertz CT molecular complexity index is 1010. The molecule has 2 heterocycles. The Hall–Kier alpha value is -3.33. The number of carbonyl (C=O) groups is 2. The highest BCUT2D eigenvalue weighted by atomic mass is 16.7. The fourth-order valence-corrected chi connectivity index (χ4v) is 3.14. The van der Waals surface area contributed by atoms with Crippen LogP contribution in [-0.4, -0.2) is 54.4 Å². The minimum atomic E-state index is -0.677. The van der Waals surface area contributed by atoms with Crippen molar-refractivity contribution < 1.29 is 28.7 Å². The van der Waals surface area contributed by atoms with E-state index in [2.05, 4.69) is 6.58 Å². The van der Waals surface area contributed by atoms with Gasteiger partial charge in [0, 0.05) is 19.0 Å². The van der Waals surface area contributed by atoms with Crippen LogP contribution < -0.4 is 5.63 Å². The molecule has 2 aromatic rings. The van der Waals surface area contributed by atoms with Crippen LogP contribution in [0.2, 0.25) is 0 Å². The number of nitrogens with zero attached hydrogens (tertiary/aromatic N) is 2. The first-order valence-corrected chi connectivity index (χ1v) is 8.54. The zero-order valence-electron chi connectivity index (χ0n) is 15.6. The Morgan fingerprint density at radius 1 is 1.39 bits per heavy atom. The SMILES string of the molecule is C=CCOC(=O)N1CCc2c(c(=O)oc3c(C(=O)N(C)OC)c(O)ccc23)C1. The van der Waals surface area contributed by atoms with E-state index in [1.165, 1.54) is 31.2 Å². The number of aromatic hydroxyl groups is 1. The maximum atomic E-state index is 12.6. The van der Waals surface area contributed by atoms with E-state index in [-0.39, 0.29) is 30.0 Å². The number of fused-ring (bicyclic) bond motifs is 3. The van der Waals surface area contributed by atoms with E-state index in [1.54, 1.807) is 6.07 Å². The topological polar surface area (TPSA) is 110 Å². The zero-order valence-corrected chi connectivity index (χ0v) is 15.6. The summed E-state index contributed by atoms with van der Waals surface area (Å²) in [7, 11) is 2.68. The van der Waals surface area contributed by atoms with Crippen LogP contribution in [0.4, 0.5) is 4.79 Å². The molecule has 28 heavy (non-hydrogen) atoms. The molecule has 2 amide bonds. The van der Waals surface area contributed by atoms with Gasteiger partial charge in [0.25, 0.3) is 5.91 Å². The summed E-state index contributed by atoms with van der Waals surface area (Å²) in [6, 6.07) is 2.95. The van der Waals surface area contributed by atoms with Crippen molar-refractivity contribution >= 4 is 23.0 Å². The van der Waals surface area contributed by atoms with E-state index in [9.17, 15) is 19.5 Å². The number of hydrogen-bond acceptors (Lipinski definition) is 7. The van der Waals surface area contributed by atoms with Crippen molar-refractivity contribution in [3.8, 4) is 5.75 Å². The van der Waals surface area contributed by atoms with E-state index in [0.29, 0.717) is 29.5 Å². The summed E-state index contributed by atoms with van der Waals surface area (Å²) in [6.45, 7) is 3.94. The van der Waals surface area contributed by atoms with Crippen LogP contribution in [-0.2, 0) is 22.5 Å². The lowest BCUT2D eigenvalue weighted by molar-refractivity contribution is -0.0757. The summed E-state index contributed by atoms with van der Waals surface area (Å²) in [5.74, 6) is -0.978. The minimum absolute atomic E-state index is 0.0136. The van der Waals surface area contributed by atoms with E-state index < -0.39 is 17.6 Å². The molecule has 0 atom stereocenters. The molecule has 0 saturated heterocycles. The molecule has 0 saturated carbocycles. The second-order valence-corrected chi connectivity index (χ2v) is 6.21. The number of phenols is 1. The molecule has 0 unspecified atom stereocenters. The molecule has 1 aromatic heterocycles. The van der Waals surface area contributed by atoms with Gasteiger partial charge in [0.15, 0.2) is 5.58 Å². The fourth-order valence-electron chi connectivity index (χ4n) is 3.14. The lowest BCUT2D eigenvalue weighted by atomic mass is 9.96. The van der Waals surface area contributed by atoms with Crippen molar-refractivity contribution in [3.05, 3.63) is 51.9 Å². The normalized spacial score (nSPS) is 13.1. The van der Waals surface area contributed by atoms with Gasteiger partial charge in [-0.1, -0.05) is 12.7 Å². The summed E-state index contributed by atoms with van der Waals surface area (Å²) in [5.41, 5.74) is 0.143. The number of ether oxygens (including phenoxy) is 1. The highest BCUT2D eigenvalue weighted by molar-refractivity contribution is 6.07. The van der Waals surface area contributed by atoms with Crippen molar-refractivity contribution in [2.75, 3.05) is 27.3 Å². The van der Waals surface area contributed by atoms with Crippen molar-refractivity contribution in [2.45, 2.75) is 13.0 Å². The molecule has 1 aromatic carbocycles. The van der Waals surface area contributed by atoms with Gasteiger partial charge in [-0.15, -0.1) is 0 Å². The van der Waals surface area contributed by atoms with Gasteiger partial charge in [0.1, 0.15) is 17.9 Å². The number of rotatable bonds is 4. The van der Waals surface area contributed by atoms with Crippen molar-refractivity contribution in [3.63, 3.8) is 0 Å². The molecule has 0 radical (unpaired) electrons. The van der Waals surface area contributed by atoms with Gasteiger partial charge in [-0.3, -0.25) is 9.63 Å². The summed E-state index contributed by atoms with van der Waals surface area (Å²) in [4.78, 5) is 43.5. The molecule has 0 aliphatic carbocycles. The number of hydroxylamine groups is 2. The molecular formula is C19H20N2O7. The minimum Gasteiger partial charge on any atom is -0.507 e. The number of benzene rings is 1. The molecule has 0 bridgehead atoms. The van der Waals surface area contributed by atoms with Gasteiger partial charge in [-0.05, 0) is 24.1 Å². The molecule has 9 nitrogen and oxygen atoms in total. The molecule has 9 heteroatoms. The third-order valence-electron chi connectivity index (χ3n) is 4.60. The summed E-state index contributed by atoms with van der Waals surface area (Å²) in [6.07, 6.45) is 1.28. The van der Waals surface area contributed by atoms with Crippen LogP contribution in [0.15, 0.2) is 34.0 Å². The van der Waals surface area contributed by atoms with E-state index >= 15 is 0 Å². The van der Waals surface area contributed by atoms with E-state index in [0.717, 1.165) is 5.06 Å². The number of carbonyl (C=O) groups excluding carboxylic acids is 2. The monoisotopic (exact) mass is 388 g/mol. The average molecular weight is 388 g/mol. The second-order valence-electron chi connectivity index (χ2n) is 6.21. The van der Waals surface area contributed by atoms with Gasteiger partial charge >= 0.3 is 11.7 Å². The van der Waals surface area contributed by atoms with Crippen molar-refractivity contribution in [1.29, 1.82) is 0 Å². The lowest BCUT2D eigenvalue weighted by Crippen LogP contribution is -2.38. The van der Waals surface area contributed by atoms with Crippen LogP contribution in [0.3, 0.4) is 0 Å². The maximum absolute atomic E-state index is 12.6. The smallest absolute Gasteiger partial charge is 0.410 e. The highest BCUT2D eigenvalue weighted by Gasteiger charge is 2.29. The molecule has 1 aliphatic heterocycles. The van der Waals surface area contributed by atoms with Gasteiger partial charge in [0.05, 0.1) is 19.2 Å². The van der Waals surface area contributed by atoms with Crippen molar-refractivity contribution in [1.82, 2.24) is 9.96 Å². The molecule has 1 aliphatic rings. The molecule has 148 valence electrons. The Labute approximate surface area is 160 Å². The Balaban J connectivity index is 2.09. The highest BCUT2D eigenvalue weighted by Crippen LogP contribution is 2.32. The quantitative estimate of drug-likeness (QED) is 0.483. The average Bonchev–Trinajstić information content (AvgIpc) is 2.70. The molecule has 1 N–H and O–H groups in total. The number of amides is 2. The third kappa shape index (κ3) is 3.31. The lowest BCUT2D eigenvalue weighted by Gasteiger charge is -2.28. The number of hydrogen-bond donors (Lipinski definition) is 1. The first-order chi connectivity index (χ1) is 13.4. The fraction of sp³-hybridized carbons (Fsp3) is 0.316. The summed E-state index contributed by atoms with van der Waals surface area (Å²) in [5, 5.41) is 11.6. The Morgan fingerprint density at radius 3 is 2.82 bits per heavy atom. The van der Waals surface area contributed by atoms with E-state index in [1.807, 2.05) is 0 Å². The second kappa shape index (κ2) is 7.73. The molecule has 3 rings (SSSR count).